The molecule has 0 bridgehead atoms. The first-order valence-electron chi connectivity index (χ1n) is 5.83. The van der Waals surface area contributed by atoms with Crippen molar-refractivity contribution in [3.63, 3.8) is 0 Å². The van der Waals surface area contributed by atoms with Crippen LogP contribution in [0, 0.1) is 10.1 Å². The Bertz CT molecular complexity index is 466. The highest BCUT2D eigenvalue weighted by atomic mass is 28.3. The third kappa shape index (κ3) is 5.08. The predicted octanol–water partition coefficient (Wildman–Crippen LogP) is 3.67. The van der Waals surface area contributed by atoms with Crippen LogP contribution in [0.2, 0.25) is 25.7 Å². The second-order valence-electron chi connectivity index (χ2n) is 5.49. The minimum atomic E-state index is -1.53. The average Bonchev–Trinajstić information content (AvgIpc) is 2.25. The number of ether oxygens (including phenoxy) is 1. The third-order valence-electron chi connectivity index (χ3n) is 2.52. The molecule has 104 valence electrons. The first kappa shape index (κ1) is 15.2. The molecule has 0 heterocycles. The van der Waals surface area contributed by atoms with Crippen molar-refractivity contribution < 1.29 is 19.6 Å². The summed E-state index contributed by atoms with van der Waals surface area (Å²) in [6, 6.07) is 6.45. The Morgan fingerprint density at radius 1 is 1.37 bits per heavy atom. The molecule has 19 heavy (non-hydrogen) atoms. The van der Waals surface area contributed by atoms with Crippen LogP contribution in [-0.4, -0.2) is 24.3 Å². The van der Waals surface area contributed by atoms with Gasteiger partial charge in [0.1, 0.15) is 6.10 Å². The first-order chi connectivity index (χ1) is 8.69. The van der Waals surface area contributed by atoms with Crippen LogP contribution in [0.1, 0.15) is 11.7 Å². The fraction of sp³-hybridized carbons (Fsp3) is 0.417. The van der Waals surface area contributed by atoms with Crippen LogP contribution >= 0.6 is 0 Å². The maximum absolute atomic E-state index is 10.7. The zero-order chi connectivity index (χ0) is 14.6. The zero-order valence-electron chi connectivity index (χ0n) is 11.1. The number of carbonyl (C=O) groups is 1. The van der Waals surface area contributed by atoms with Gasteiger partial charge in [0, 0.05) is 20.2 Å². The Labute approximate surface area is 112 Å². The lowest BCUT2D eigenvalue weighted by atomic mass is 10.1. The Balaban J connectivity index is 2.96. The van der Waals surface area contributed by atoms with Gasteiger partial charge in [-0.25, -0.2) is 4.79 Å². The number of hydrogen-bond acceptors (Lipinski definition) is 4. The van der Waals surface area contributed by atoms with Crippen molar-refractivity contribution in [3.05, 3.63) is 39.9 Å². The van der Waals surface area contributed by atoms with E-state index in [0.29, 0.717) is 11.6 Å². The summed E-state index contributed by atoms with van der Waals surface area (Å²) in [6.07, 6.45) is -1.90. The minimum absolute atomic E-state index is 0.0224. The fourth-order valence-corrected chi connectivity index (χ4v) is 3.15. The van der Waals surface area contributed by atoms with E-state index >= 15 is 0 Å². The van der Waals surface area contributed by atoms with Crippen molar-refractivity contribution in [3.8, 4) is 0 Å². The maximum atomic E-state index is 10.7. The molecule has 1 rings (SSSR count). The fourth-order valence-electron chi connectivity index (χ4n) is 1.72. The van der Waals surface area contributed by atoms with Gasteiger partial charge in [-0.1, -0.05) is 19.6 Å². The van der Waals surface area contributed by atoms with Gasteiger partial charge in [-0.2, -0.15) is 0 Å². The highest BCUT2D eigenvalue weighted by molar-refractivity contribution is 6.76. The highest BCUT2D eigenvalue weighted by Crippen LogP contribution is 2.29. The molecule has 0 spiro atoms. The normalized spacial score (nSPS) is 12.8. The summed E-state index contributed by atoms with van der Waals surface area (Å²) in [5, 5.41) is 19.3. The van der Waals surface area contributed by atoms with Crippen LogP contribution in [0.3, 0.4) is 0 Å². The quantitative estimate of drug-likeness (QED) is 0.385. The molecular formula is C12H17NO5Si. The van der Waals surface area contributed by atoms with Crippen LogP contribution in [0.25, 0.3) is 0 Å². The standard InChI is InChI=1S/C12H17NO5Si/c1-19(2,3)8-11(18-12(14)15)9-4-6-10(7-5-9)13(16)17/h4-7,11H,8H2,1-3H3,(H,14,15). The number of nitrogens with zero attached hydrogens (tertiary/aromatic N) is 1. The minimum Gasteiger partial charge on any atom is -0.450 e. The molecule has 7 heteroatoms. The lowest BCUT2D eigenvalue weighted by Gasteiger charge is -2.23. The molecule has 0 amide bonds. The summed E-state index contributed by atoms with van der Waals surface area (Å²) in [7, 11) is -1.53. The van der Waals surface area contributed by atoms with E-state index in [0.717, 1.165) is 0 Å². The van der Waals surface area contributed by atoms with Crippen molar-refractivity contribution in [1.29, 1.82) is 0 Å². The molecule has 0 fully saturated rings. The topological polar surface area (TPSA) is 89.7 Å². The van der Waals surface area contributed by atoms with Gasteiger partial charge in [-0.15, -0.1) is 0 Å². The number of nitro groups is 1. The molecule has 0 aromatic heterocycles. The van der Waals surface area contributed by atoms with Crippen LogP contribution in [0.4, 0.5) is 10.5 Å². The van der Waals surface area contributed by atoms with Crippen LogP contribution < -0.4 is 0 Å². The van der Waals surface area contributed by atoms with Gasteiger partial charge in [0.05, 0.1) is 4.92 Å². The van der Waals surface area contributed by atoms with Crippen molar-refractivity contribution in [2.45, 2.75) is 31.8 Å². The SMILES string of the molecule is C[Si](C)(C)CC(OC(=O)O)c1ccc([N+](=O)[O-])cc1. The van der Waals surface area contributed by atoms with Gasteiger partial charge in [-0.3, -0.25) is 10.1 Å². The molecule has 0 aliphatic carbocycles. The summed E-state index contributed by atoms with van der Waals surface area (Å²) in [5.74, 6) is 0. The van der Waals surface area contributed by atoms with Gasteiger partial charge in [-0.05, 0) is 23.7 Å². The molecule has 1 aromatic carbocycles. The van der Waals surface area contributed by atoms with Gasteiger partial charge in [0.25, 0.3) is 5.69 Å². The summed E-state index contributed by atoms with van der Waals surface area (Å²) in [6.45, 7) is 6.32. The number of carboxylic acid groups (broad SMARTS) is 1. The highest BCUT2D eigenvalue weighted by Gasteiger charge is 2.25. The third-order valence-corrected chi connectivity index (χ3v) is 4.11. The Morgan fingerprint density at radius 3 is 2.26 bits per heavy atom. The largest absolute Gasteiger partial charge is 0.506 e. The van der Waals surface area contributed by atoms with E-state index in [1.165, 1.54) is 12.1 Å². The molecule has 1 N–H and O–H groups in total. The number of hydrogen-bond donors (Lipinski definition) is 1. The van der Waals surface area contributed by atoms with Crippen LogP contribution in [0.5, 0.6) is 0 Å². The lowest BCUT2D eigenvalue weighted by molar-refractivity contribution is -0.384. The van der Waals surface area contributed by atoms with Gasteiger partial charge >= 0.3 is 6.16 Å². The maximum Gasteiger partial charge on any atom is 0.506 e. The summed E-state index contributed by atoms with van der Waals surface area (Å²) < 4.78 is 4.89. The molecule has 0 saturated heterocycles. The Kier molecular flexibility index (Phi) is 4.65. The summed E-state index contributed by atoms with van der Waals surface area (Å²) in [5.41, 5.74) is 0.626. The van der Waals surface area contributed by atoms with E-state index in [9.17, 15) is 14.9 Å². The molecule has 0 radical (unpaired) electrons. The zero-order valence-corrected chi connectivity index (χ0v) is 12.1. The second-order valence-corrected chi connectivity index (χ2v) is 11.0. The van der Waals surface area contributed by atoms with E-state index in [2.05, 4.69) is 19.6 Å². The van der Waals surface area contributed by atoms with E-state index in [1.54, 1.807) is 12.1 Å². The Morgan fingerprint density at radius 2 is 1.89 bits per heavy atom. The molecule has 0 saturated carbocycles. The molecular weight excluding hydrogens is 266 g/mol. The lowest BCUT2D eigenvalue weighted by Crippen LogP contribution is -2.25. The molecule has 1 aromatic rings. The average molecular weight is 283 g/mol. The molecule has 0 aliphatic heterocycles. The van der Waals surface area contributed by atoms with E-state index in [1.807, 2.05) is 0 Å². The van der Waals surface area contributed by atoms with E-state index < -0.39 is 25.3 Å². The van der Waals surface area contributed by atoms with Crippen molar-refractivity contribution in [1.82, 2.24) is 0 Å². The monoisotopic (exact) mass is 283 g/mol. The number of nitro benzene ring substituents is 1. The van der Waals surface area contributed by atoms with E-state index in [4.69, 9.17) is 9.84 Å². The summed E-state index contributed by atoms with van der Waals surface area (Å²) >= 11 is 0. The van der Waals surface area contributed by atoms with E-state index in [-0.39, 0.29) is 5.69 Å². The molecule has 1 unspecified atom stereocenters. The van der Waals surface area contributed by atoms with Crippen molar-refractivity contribution >= 4 is 19.9 Å². The number of benzene rings is 1. The van der Waals surface area contributed by atoms with Crippen molar-refractivity contribution in [2.75, 3.05) is 0 Å². The Hall–Kier alpha value is -1.89. The van der Waals surface area contributed by atoms with Gasteiger partial charge < -0.3 is 9.84 Å². The van der Waals surface area contributed by atoms with Crippen LogP contribution in [-0.2, 0) is 4.74 Å². The van der Waals surface area contributed by atoms with Gasteiger partial charge in [0.2, 0.25) is 0 Å². The molecule has 1 atom stereocenters. The smallest absolute Gasteiger partial charge is 0.450 e. The van der Waals surface area contributed by atoms with Crippen molar-refractivity contribution in [2.24, 2.45) is 0 Å². The second kappa shape index (κ2) is 5.83. The number of rotatable bonds is 5. The van der Waals surface area contributed by atoms with Gasteiger partial charge in [0.15, 0.2) is 0 Å². The molecule has 0 aliphatic rings. The first-order valence-corrected chi connectivity index (χ1v) is 9.54. The van der Waals surface area contributed by atoms with Crippen LogP contribution in [0.15, 0.2) is 24.3 Å². The molecule has 6 nitrogen and oxygen atoms in total. The number of non-ortho nitro benzene ring substituents is 1. The summed E-state index contributed by atoms with van der Waals surface area (Å²) in [4.78, 5) is 20.8. The predicted molar refractivity (Wildman–Crippen MR) is 73.1 cm³/mol.